The molecule has 2 aliphatic rings. The van der Waals surface area contributed by atoms with Gasteiger partial charge in [-0.15, -0.1) is 5.06 Å². The second kappa shape index (κ2) is 6.42. The molecule has 1 saturated heterocycles. The predicted octanol–water partition coefficient (Wildman–Crippen LogP) is -0.727. The number of hydrogen-bond acceptors (Lipinski definition) is 8. The molecule has 0 bridgehead atoms. The molecule has 0 unspecified atom stereocenters. The van der Waals surface area contributed by atoms with Crippen LogP contribution in [0.1, 0.15) is 20.7 Å². The summed E-state index contributed by atoms with van der Waals surface area (Å²) in [6, 6.07) is 6.26. The second-order valence-electron chi connectivity index (χ2n) is 5.33. The molecule has 0 aromatic heterocycles. The van der Waals surface area contributed by atoms with Gasteiger partial charge in [-0.1, -0.05) is 12.1 Å². The molecule has 1 aromatic rings. The van der Waals surface area contributed by atoms with Crippen LogP contribution in [-0.4, -0.2) is 67.5 Å². The minimum absolute atomic E-state index is 0.0847. The SMILES string of the molecule is CN1CC(=O)OB(CON2C(=O)c3ccccc3C2=O)OC(=O)C1. The van der Waals surface area contributed by atoms with Gasteiger partial charge in [0.25, 0.3) is 11.8 Å². The highest BCUT2D eigenvalue weighted by atomic mass is 16.7. The van der Waals surface area contributed by atoms with Crippen LogP contribution in [0.3, 0.4) is 0 Å². The standard InChI is InChI=1S/C14H13BN2O7/c1-16-6-11(18)23-15(24-12(19)7-16)8-22-17-13(20)9-4-2-3-5-10(9)14(17)21/h2-5H,6-8H2,1H3. The summed E-state index contributed by atoms with van der Waals surface area (Å²) in [7, 11) is 0.237. The molecule has 1 aromatic carbocycles. The summed E-state index contributed by atoms with van der Waals surface area (Å²) >= 11 is 0. The summed E-state index contributed by atoms with van der Waals surface area (Å²) in [5, 5.41) is 0.567. The monoisotopic (exact) mass is 332 g/mol. The third-order valence-corrected chi connectivity index (χ3v) is 3.42. The van der Waals surface area contributed by atoms with Crippen LogP contribution in [0.4, 0.5) is 0 Å². The quantitative estimate of drug-likeness (QED) is 0.527. The fourth-order valence-electron chi connectivity index (χ4n) is 2.38. The lowest BCUT2D eigenvalue weighted by atomic mass is 9.92. The van der Waals surface area contributed by atoms with Crippen molar-refractivity contribution in [2.45, 2.75) is 0 Å². The minimum Gasteiger partial charge on any atom is -0.497 e. The van der Waals surface area contributed by atoms with E-state index in [1.54, 1.807) is 19.2 Å². The highest BCUT2D eigenvalue weighted by Gasteiger charge is 2.39. The van der Waals surface area contributed by atoms with Crippen molar-refractivity contribution in [2.24, 2.45) is 0 Å². The zero-order chi connectivity index (χ0) is 17.3. The first-order valence-electron chi connectivity index (χ1n) is 7.14. The number of carbonyl (C=O) groups is 4. The van der Waals surface area contributed by atoms with E-state index in [0.29, 0.717) is 5.06 Å². The van der Waals surface area contributed by atoms with Crippen LogP contribution in [0.5, 0.6) is 0 Å². The lowest BCUT2D eigenvalue weighted by Gasteiger charge is -2.23. The van der Waals surface area contributed by atoms with Crippen LogP contribution in [0.2, 0.25) is 0 Å². The molecular weight excluding hydrogens is 319 g/mol. The maximum atomic E-state index is 12.1. The van der Waals surface area contributed by atoms with Crippen molar-refractivity contribution in [1.29, 1.82) is 0 Å². The zero-order valence-electron chi connectivity index (χ0n) is 12.8. The van der Waals surface area contributed by atoms with Gasteiger partial charge < -0.3 is 9.31 Å². The Labute approximate surface area is 137 Å². The average molecular weight is 332 g/mol. The molecule has 2 amide bonds. The van der Waals surface area contributed by atoms with Gasteiger partial charge in [-0.2, -0.15) is 0 Å². The summed E-state index contributed by atoms with van der Waals surface area (Å²) < 4.78 is 9.88. The molecule has 0 spiro atoms. The Morgan fingerprint density at radius 1 is 1.00 bits per heavy atom. The summed E-state index contributed by atoms with van der Waals surface area (Å²) in [6.07, 6.45) is 0. The summed E-state index contributed by atoms with van der Waals surface area (Å²) in [4.78, 5) is 54.1. The van der Waals surface area contributed by atoms with Crippen LogP contribution >= 0.6 is 0 Å². The number of carbonyl (C=O) groups excluding carboxylic acids is 4. The van der Waals surface area contributed by atoms with Crippen molar-refractivity contribution in [1.82, 2.24) is 9.96 Å². The number of benzene rings is 1. The zero-order valence-corrected chi connectivity index (χ0v) is 12.8. The lowest BCUT2D eigenvalue weighted by Crippen LogP contribution is -2.46. The highest BCUT2D eigenvalue weighted by molar-refractivity contribution is 6.49. The second-order valence-corrected chi connectivity index (χ2v) is 5.33. The van der Waals surface area contributed by atoms with Gasteiger partial charge in [0, 0.05) is 0 Å². The third-order valence-electron chi connectivity index (χ3n) is 3.42. The molecule has 10 heteroatoms. The molecule has 0 N–H and O–H groups in total. The Morgan fingerprint density at radius 2 is 1.50 bits per heavy atom. The van der Waals surface area contributed by atoms with Gasteiger partial charge in [-0.3, -0.25) is 28.9 Å². The van der Waals surface area contributed by atoms with Crippen LogP contribution < -0.4 is 0 Å². The minimum atomic E-state index is -1.33. The number of nitrogens with zero attached hydrogens (tertiary/aromatic N) is 2. The van der Waals surface area contributed by atoms with Crippen molar-refractivity contribution in [3.63, 3.8) is 0 Å². The molecule has 24 heavy (non-hydrogen) atoms. The maximum absolute atomic E-state index is 12.1. The van der Waals surface area contributed by atoms with Crippen LogP contribution in [0, 0.1) is 0 Å². The van der Waals surface area contributed by atoms with E-state index < -0.39 is 37.4 Å². The number of rotatable bonds is 3. The molecule has 3 rings (SSSR count). The molecule has 0 saturated carbocycles. The van der Waals surface area contributed by atoms with Crippen molar-refractivity contribution in [3.8, 4) is 0 Å². The first-order chi connectivity index (χ1) is 11.5. The number of likely N-dealkylation sites (N-methyl/N-ethyl adjacent to an activating group) is 1. The number of fused-ring (bicyclic) bond motifs is 1. The van der Waals surface area contributed by atoms with E-state index >= 15 is 0 Å². The largest absolute Gasteiger partial charge is 0.629 e. The molecule has 0 radical (unpaired) electrons. The Kier molecular flexibility index (Phi) is 4.32. The molecule has 0 atom stereocenters. The Balaban J connectivity index is 1.65. The van der Waals surface area contributed by atoms with Gasteiger partial charge in [-0.05, 0) is 19.2 Å². The summed E-state index contributed by atoms with van der Waals surface area (Å²) in [5.74, 6) is -2.47. The number of hydrogen-bond donors (Lipinski definition) is 0. The average Bonchev–Trinajstić information content (AvgIpc) is 2.75. The Bertz CT molecular complexity index is 668. The van der Waals surface area contributed by atoms with E-state index in [1.165, 1.54) is 17.0 Å². The smallest absolute Gasteiger partial charge is 0.497 e. The number of imide groups is 1. The van der Waals surface area contributed by atoms with E-state index in [-0.39, 0.29) is 24.2 Å². The van der Waals surface area contributed by atoms with Crippen LogP contribution in [0.25, 0.3) is 0 Å². The maximum Gasteiger partial charge on any atom is 0.629 e. The molecule has 1 fully saturated rings. The van der Waals surface area contributed by atoms with Crippen molar-refractivity contribution < 1.29 is 33.3 Å². The third kappa shape index (κ3) is 3.14. The molecule has 0 aliphatic carbocycles. The van der Waals surface area contributed by atoms with Gasteiger partial charge >= 0.3 is 19.1 Å². The molecule has 9 nitrogen and oxygen atoms in total. The fraction of sp³-hybridized carbons (Fsp3) is 0.286. The van der Waals surface area contributed by atoms with Gasteiger partial charge in [-0.25, -0.2) is 0 Å². The Hall–Kier alpha value is -2.72. The van der Waals surface area contributed by atoms with E-state index in [9.17, 15) is 19.2 Å². The van der Waals surface area contributed by atoms with Crippen molar-refractivity contribution >= 4 is 30.9 Å². The fourth-order valence-corrected chi connectivity index (χ4v) is 2.38. The predicted molar refractivity (Wildman–Crippen MR) is 78.3 cm³/mol. The first-order valence-corrected chi connectivity index (χ1v) is 7.14. The van der Waals surface area contributed by atoms with E-state index in [0.717, 1.165) is 0 Å². The van der Waals surface area contributed by atoms with Crippen LogP contribution in [0.15, 0.2) is 24.3 Å². The van der Waals surface area contributed by atoms with Crippen molar-refractivity contribution in [2.75, 3.05) is 26.6 Å². The van der Waals surface area contributed by atoms with Gasteiger partial charge in [0.1, 0.15) is 6.51 Å². The lowest BCUT2D eigenvalue weighted by molar-refractivity contribution is -0.147. The van der Waals surface area contributed by atoms with Gasteiger partial charge in [0.2, 0.25) is 0 Å². The van der Waals surface area contributed by atoms with Crippen molar-refractivity contribution in [3.05, 3.63) is 35.4 Å². The van der Waals surface area contributed by atoms with Gasteiger partial charge in [0.05, 0.1) is 24.2 Å². The van der Waals surface area contributed by atoms with Gasteiger partial charge in [0.15, 0.2) is 0 Å². The number of hydroxylamine groups is 2. The molecular formula is C14H13BN2O7. The number of amides is 2. The summed E-state index contributed by atoms with van der Waals surface area (Å²) in [5.41, 5.74) is 0.437. The molecule has 2 aliphatic heterocycles. The van der Waals surface area contributed by atoms with Crippen LogP contribution in [-0.2, 0) is 23.7 Å². The van der Waals surface area contributed by atoms with E-state index in [1.807, 2.05) is 0 Å². The topological polar surface area (TPSA) is 102 Å². The highest BCUT2D eigenvalue weighted by Crippen LogP contribution is 2.22. The normalized spacial score (nSPS) is 18.9. The van der Waals surface area contributed by atoms with E-state index in [2.05, 4.69) is 0 Å². The summed E-state index contributed by atoms with van der Waals surface area (Å²) in [6.45, 7) is -0.635. The Morgan fingerprint density at radius 3 is 2.00 bits per heavy atom. The first kappa shape index (κ1) is 16.2. The van der Waals surface area contributed by atoms with E-state index in [4.69, 9.17) is 14.1 Å². The molecule has 2 heterocycles. The molecule has 124 valence electrons.